The minimum absolute atomic E-state index is 0.174. The number of fused-ring (bicyclic) bond motifs is 1. The number of carbonyl (C=O) groups excluding carboxylic acids is 1. The van der Waals surface area contributed by atoms with Crippen LogP contribution in [0.1, 0.15) is 10.4 Å². The number of halogens is 1. The molecule has 0 saturated carbocycles. The van der Waals surface area contributed by atoms with Crippen molar-refractivity contribution in [3.63, 3.8) is 0 Å². The number of anilines is 1. The van der Waals surface area contributed by atoms with Gasteiger partial charge in [-0.15, -0.1) is 0 Å². The molecule has 7 heteroatoms. The molecule has 0 aliphatic rings. The summed E-state index contributed by atoms with van der Waals surface area (Å²) in [6, 6.07) is 20.8. The van der Waals surface area contributed by atoms with E-state index in [-0.39, 0.29) is 16.6 Å². The Bertz CT molecular complexity index is 1350. The van der Waals surface area contributed by atoms with Gasteiger partial charge in [-0.2, -0.15) is 0 Å². The number of para-hydroxylation sites is 1. The van der Waals surface area contributed by atoms with E-state index in [1.54, 1.807) is 42.5 Å². The van der Waals surface area contributed by atoms with Gasteiger partial charge < -0.3 is 5.32 Å². The Hall–Kier alpha value is -3.58. The summed E-state index contributed by atoms with van der Waals surface area (Å²) in [5.41, 5.74) is 2.75. The number of carbonyl (C=O) groups is 1. The standard InChI is InChI=1S/C23H17FN2O3S/c1-30(28,29)18-12-10-17(11-13-18)25-23(27)20-14-22(15-6-8-16(24)9-7-15)26-21-5-3-2-4-19(20)21/h2-14H,1H3,(H,25,27). The number of rotatable bonds is 4. The number of aromatic nitrogens is 1. The third kappa shape index (κ3) is 4.06. The first kappa shape index (κ1) is 19.7. The summed E-state index contributed by atoms with van der Waals surface area (Å²) in [6.45, 7) is 0. The summed E-state index contributed by atoms with van der Waals surface area (Å²) in [5.74, 6) is -0.709. The van der Waals surface area contributed by atoms with Crippen molar-refractivity contribution in [3.8, 4) is 11.3 Å². The summed E-state index contributed by atoms with van der Waals surface area (Å²) in [7, 11) is -3.32. The molecule has 150 valence electrons. The first-order chi connectivity index (χ1) is 14.3. The number of amides is 1. The van der Waals surface area contributed by atoms with Crippen molar-refractivity contribution in [2.24, 2.45) is 0 Å². The van der Waals surface area contributed by atoms with Crippen molar-refractivity contribution in [2.75, 3.05) is 11.6 Å². The van der Waals surface area contributed by atoms with Gasteiger partial charge in [-0.3, -0.25) is 4.79 Å². The summed E-state index contributed by atoms with van der Waals surface area (Å²) < 4.78 is 36.5. The lowest BCUT2D eigenvalue weighted by Gasteiger charge is -2.11. The van der Waals surface area contributed by atoms with Gasteiger partial charge in [0.05, 0.1) is 21.7 Å². The molecular formula is C23H17FN2O3S. The molecule has 3 aromatic carbocycles. The van der Waals surface area contributed by atoms with Gasteiger partial charge in [0, 0.05) is 22.9 Å². The van der Waals surface area contributed by atoms with Crippen molar-refractivity contribution >= 4 is 32.3 Å². The second-order valence-corrected chi connectivity index (χ2v) is 8.85. The fourth-order valence-corrected chi connectivity index (χ4v) is 3.75. The molecule has 0 unspecified atom stereocenters. The van der Waals surface area contributed by atoms with Gasteiger partial charge in [-0.1, -0.05) is 18.2 Å². The Morgan fingerprint density at radius 3 is 2.27 bits per heavy atom. The molecular weight excluding hydrogens is 403 g/mol. The highest BCUT2D eigenvalue weighted by Crippen LogP contribution is 2.26. The molecule has 1 amide bonds. The second kappa shape index (κ2) is 7.68. The number of benzene rings is 3. The van der Waals surface area contributed by atoms with E-state index in [1.807, 2.05) is 12.1 Å². The predicted octanol–water partition coefficient (Wildman–Crippen LogP) is 4.70. The molecule has 0 fully saturated rings. The molecule has 0 radical (unpaired) electrons. The zero-order valence-electron chi connectivity index (χ0n) is 16.0. The Balaban J connectivity index is 1.73. The lowest BCUT2D eigenvalue weighted by molar-refractivity contribution is 0.102. The minimum Gasteiger partial charge on any atom is -0.322 e. The lowest BCUT2D eigenvalue weighted by atomic mass is 10.0. The van der Waals surface area contributed by atoms with Gasteiger partial charge in [0.15, 0.2) is 9.84 Å². The summed E-state index contributed by atoms with van der Waals surface area (Å²) in [6.07, 6.45) is 1.13. The third-order valence-electron chi connectivity index (χ3n) is 4.64. The van der Waals surface area contributed by atoms with Crippen LogP contribution in [0.3, 0.4) is 0 Å². The van der Waals surface area contributed by atoms with Gasteiger partial charge in [-0.25, -0.2) is 17.8 Å². The highest BCUT2D eigenvalue weighted by atomic mass is 32.2. The summed E-state index contributed by atoms with van der Waals surface area (Å²) in [4.78, 5) is 17.8. The smallest absolute Gasteiger partial charge is 0.256 e. The molecule has 1 aromatic heterocycles. The van der Waals surface area contributed by atoms with Crippen LogP contribution in [-0.4, -0.2) is 25.6 Å². The van der Waals surface area contributed by atoms with E-state index in [0.29, 0.717) is 33.4 Å². The number of nitrogens with one attached hydrogen (secondary N) is 1. The van der Waals surface area contributed by atoms with Crippen molar-refractivity contribution < 1.29 is 17.6 Å². The van der Waals surface area contributed by atoms with Gasteiger partial charge in [-0.05, 0) is 60.7 Å². The van der Waals surface area contributed by atoms with Crippen molar-refractivity contribution in [1.82, 2.24) is 4.98 Å². The Morgan fingerprint density at radius 2 is 1.60 bits per heavy atom. The first-order valence-corrected chi connectivity index (χ1v) is 11.0. The van der Waals surface area contributed by atoms with Gasteiger partial charge in [0.2, 0.25) is 0 Å². The largest absolute Gasteiger partial charge is 0.322 e. The van der Waals surface area contributed by atoms with Crippen LogP contribution in [0.25, 0.3) is 22.2 Å². The molecule has 1 heterocycles. The molecule has 0 spiro atoms. The molecule has 0 aliphatic carbocycles. The number of nitrogens with zero attached hydrogens (tertiary/aromatic N) is 1. The topological polar surface area (TPSA) is 76.1 Å². The van der Waals surface area contributed by atoms with Crippen LogP contribution in [0.4, 0.5) is 10.1 Å². The van der Waals surface area contributed by atoms with Crippen LogP contribution < -0.4 is 5.32 Å². The maximum absolute atomic E-state index is 13.3. The second-order valence-electron chi connectivity index (χ2n) is 6.83. The molecule has 1 N–H and O–H groups in total. The quantitative estimate of drug-likeness (QED) is 0.519. The number of hydrogen-bond acceptors (Lipinski definition) is 4. The van der Waals surface area contributed by atoms with E-state index < -0.39 is 9.84 Å². The van der Waals surface area contributed by atoms with Crippen LogP contribution in [0.2, 0.25) is 0 Å². The van der Waals surface area contributed by atoms with Crippen LogP contribution >= 0.6 is 0 Å². The van der Waals surface area contributed by atoms with Gasteiger partial charge in [0.25, 0.3) is 5.91 Å². The molecule has 0 saturated heterocycles. The molecule has 0 aliphatic heterocycles. The lowest BCUT2D eigenvalue weighted by Crippen LogP contribution is -2.13. The first-order valence-electron chi connectivity index (χ1n) is 9.08. The van der Waals surface area contributed by atoms with Crippen LogP contribution in [0.15, 0.2) is 83.8 Å². The van der Waals surface area contributed by atoms with Crippen LogP contribution in [0, 0.1) is 5.82 Å². The zero-order valence-corrected chi connectivity index (χ0v) is 16.8. The van der Waals surface area contributed by atoms with Crippen LogP contribution in [-0.2, 0) is 9.84 Å². The predicted molar refractivity (Wildman–Crippen MR) is 115 cm³/mol. The summed E-state index contributed by atoms with van der Waals surface area (Å²) in [5, 5.41) is 3.47. The number of sulfone groups is 1. The molecule has 4 rings (SSSR count). The van der Waals surface area contributed by atoms with Gasteiger partial charge >= 0.3 is 0 Å². The Kier molecular flexibility index (Phi) is 5.05. The molecule has 0 bridgehead atoms. The number of hydrogen-bond donors (Lipinski definition) is 1. The average molecular weight is 420 g/mol. The SMILES string of the molecule is CS(=O)(=O)c1ccc(NC(=O)c2cc(-c3ccc(F)cc3)nc3ccccc23)cc1. The average Bonchev–Trinajstić information content (AvgIpc) is 2.73. The van der Waals surface area contributed by atoms with Crippen molar-refractivity contribution in [1.29, 1.82) is 0 Å². The minimum atomic E-state index is -3.32. The third-order valence-corrected chi connectivity index (χ3v) is 5.77. The maximum Gasteiger partial charge on any atom is 0.256 e. The highest BCUT2D eigenvalue weighted by molar-refractivity contribution is 7.90. The Morgan fingerprint density at radius 1 is 0.933 bits per heavy atom. The van der Waals surface area contributed by atoms with Gasteiger partial charge in [0.1, 0.15) is 5.82 Å². The van der Waals surface area contributed by atoms with E-state index in [4.69, 9.17) is 0 Å². The van der Waals surface area contributed by atoms with E-state index in [1.165, 1.54) is 24.3 Å². The number of pyridine rings is 1. The Labute approximate surface area is 173 Å². The highest BCUT2D eigenvalue weighted by Gasteiger charge is 2.15. The summed E-state index contributed by atoms with van der Waals surface area (Å²) >= 11 is 0. The molecule has 30 heavy (non-hydrogen) atoms. The van der Waals surface area contributed by atoms with E-state index in [9.17, 15) is 17.6 Å². The van der Waals surface area contributed by atoms with E-state index in [2.05, 4.69) is 10.3 Å². The fraction of sp³-hybridized carbons (Fsp3) is 0.0435. The molecule has 0 atom stereocenters. The normalized spacial score (nSPS) is 11.4. The van der Waals surface area contributed by atoms with Crippen LogP contribution in [0.5, 0.6) is 0 Å². The molecule has 4 aromatic rings. The van der Waals surface area contributed by atoms with Crippen molar-refractivity contribution in [3.05, 3.63) is 90.2 Å². The zero-order chi connectivity index (χ0) is 21.3. The fourth-order valence-electron chi connectivity index (χ4n) is 3.12. The monoisotopic (exact) mass is 420 g/mol. The van der Waals surface area contributed by atoms with E-state index in [0.717, 1.165) is 6.26 Å². The maximum atomic E-state index is 13.3. The van der Waals surface area contributed by atoms with Crippen molar-refractivity contribution in [2.45, 2.75) is 4.90 Å². The van der Waals surface area contributed by atoms with E-state index >= 15 is 0 Å². The molecule has 5 nitrogen and oxygen atoms in total.